The third-order valence-electron chi connectivity index (χ3n) is 2.57. The summed E-state index contributed by atoms with van der Waals surface area (Å²) in [6.45, 7) is 0.783. The quantitative estimate of drug-likeness (QED) is 0.882. The Bertz CT molecular complexity index is 511. The average Bonchev–Trinajstić information content (AvgIpc) is 2.28. The van der Waals surface area contributed by atoms with E-state index in [1.54, 1.807) is 7.11 Å². The van der Waals surface area contributed by atoms with Crippen molar-refractivity contribution in [3.05, 3.63) is 40.9 Å². The molecule has 2 nitrogen and oxygen atoms in total. The monoisotopic (exact) mass is 235 g/mol. The number of hydrogen-bond donors (Lipinski definition) is 1. The van der Waals surface area contributed by atoms with Gasteiger partial charge >= 0.3 is 0 Å². The number of fused-ring (bicyclic) bond motifs is 1. The second-order valence-corrected chi connectivity index (χ2v) is 4.12. The lowest BCUT2D eigenvalue weighted by Gasteiger charge is -2.10. The number of methoxy groups -OCH3 is 1. The lowest BCUT2D eigenvalue weighted by atomic mass is 10.1. The van der Waals surface area contributed by atoms with E-state index in [1.165, 1.54) is 0 Å². The van der Waals surface area contributed by atoms with E-state index in [2.05, 4.69) is 11.4 Å². The van der Waals surface area contributed by atoms with Crippen molar-refractivity contribution in [1.29, 1.82) is 0 Å². The van der Waals surface area contributed by atoms with Crippen LogP contribution in [0, 0.1) is 0 Å². The molecule has 0 aliphatic rings. The van der Waals surface area contributed by atoms with Crippen LogP contribution in [-0.4, -0.2) is 14.2 Å². The molecule has 16 heavy (non-hydrogen) atoms. The fourth-order valence-corrected chi connectivity index (χ4v) is 1.99. The minimum Gasteiger partial charge on any atom is -0.496 e. The van der Waals surface area contributed by atoms with Crippen LogP contribution in [0.1, 0.15) is 5.56 Å². The van der Waals surface area contributed by atoms with E-state index in [0.29, 0.717) is 0 Å². The van der Waals surface area contributed by atoms with Gasteiger partial charge in [-0.3, -0.25) is 0 Å². The van der Waals surface area contributed by atoms with Gasteiger partial charge in [0, 0.05) is 17.1 Å². The molecule has 0 atom stereocenters. The molecule has 0 aliphatic heterocycles. The Hall–Kier alpha value is -1.25. The molecule has 0 amide bonds. The van der Waals surface area contributed by atoms with Gasteiger partial charge in [0.15, 0.2) is 0 Å². The second kappa shape index (κ2) is 4.73. The Morgan fingerprint density at radius 2 is 2.00 bits per heavy atom. The van der Waals surface area contributed by atoms with Gasteiger partial charge in [-0.15, -0.1) is 0 Å². The van der Waals surface area contributed by atoms with Crippen LogP contribution in [0.25, 0.3) is 10.8 Å². The first-order chi connectivity index (χ1) is 7.74. The van der Waals surface area contributed by atoms with Crippen molar-refractivity contribution in [2.24, 2.45) is 0 Å². The van der Waals surface area contributed by atoms with Crippen molar-refractivity contribution >= 4 is 22.4 Å². The lowest BCUT2D eigenvalue weighted by molar-refractivity contribution is 0.409. The first-order valence-corrected chi connectivity index (χ1v) is 5.53. The molecular formula is C13H14ClNO. The van der Waals surface area contributed by atoms with E-state index in [9.17, 15) is 0 Å². The maximum absolute atomic E-state index is 5.97. The number of hydrogen-bond acceptors (Lipinski definition) is 2. The number of benzene rings is 2. The number of halogens is 1. The van der Waals surface area contributed by atoms with Gasteiger partial charge in [-0.1, -0.05) is 17.7 Å². The van der Waals surface area contributed by atoms with Crippen LogP contribution in [0.5, 0.6) is 5.75 Å². The number of nitrogens with one attached hydrogen (secondary N) is 1. The zero-order chi connectivity index (χ0) is 11.5. The molecule has 1 N–H and O–H groups in total. The van der Waals surface area contributed by atoms with Crippen molar-refractivity contribution in [1.82, 2.24) is 5.32 Å². The van der Waals surface area contributed by atoms with Gasteiger partial charge in [0.05, 0.1) is 7.11 Å². The molecule has 2 rings (SSSR count). The zero-order valence-electron chi connectivity index (χ0n) is 9.38. The van der Waals surface area contributed by atoms with E-state index >= 15 is 0 Å². The summed E-state index contributed by atoms with van der Waals surface area (Å²) in [6, 6.07) is 10.0. The molecule has 0 aromatic heterocycles. The van der Waals surface area contributed by atoms with Crippen LogP contribution in [0.4, 0.5) is 0 Å². The summed E-state index contributed by atoms with van der Waals surface area (Å²) in [4.78, 5) is 0. The molecule has 84 valence electrons. The summed E-state index contributed by atoms with van der Waals surface area (Å²) in [7, 11) is 3.61. The lowest BCUT2D eigenvalue weighted by Crippen LogP contribution is -2.06. The van der Waals surface area contributed by atoms with E-state index in [0.717, 1.165) is 33.7 Å². The molecule has 0 radical (unpaired) electrons. The topological polar surface area (TPSA) is 21.3 Å². The summed E-state index contributed by atoms with van der Waals surface area (Å²) in [5.74, 6) is 0.907. The van der Waals surface area contributed by atoms with Crippen LogP contribution in [0.3, 0.4) is 0 Å². The Balaban J connectivity index is 2.60. The van der Waals surface area contributed by atoms with Gasteiger partial charge in [-0.05, 0) is 42.1 Å². The molecular weight excluding hydrogens is 222 g/mol. The smallest absolute Gasteiger partial charge is 0.123 e. The Morgan fingerprint density at radius 3 is 2.69 bits per heavy atom. The summed E-state index contributed by atoms with van der Waals surface area (Å²) in [5, 5.41) is 6.16. The fraction of sp³-hybridized carbons (Fsp3) is 0.231. The predicted molar refractivity (Wildman–Crippen MR) is 68.3 cm³/mol. The molecule has 0 saturated heterocycles. The van der Waals surface area contributed by atoms with Crippen molar-refractivity contribution < 1.29 is 4.74 Å². The van der Waals surface area contributed by atoms with Crippen molar-refractivity contribution in [3.63, 3.8) is 0 Å². The third kappa shape index (κ3) is 2.13. The third-order valence-corrected chi connectivity index (χ3v) is 2.80. The van der Waals surface area contributed by atoms with Crippen molar-refractivity contribution in [2.45, 2.75) is 6.54 Å². The van der Waals surface area contributed by atoms with Crippen molar-refractivity contribution in [3.8, 4) is 5.75 Å². The molecule has 2 aromatic rings. The van der Waals surface area contributed by atoms with E-state index < -0.39 is 0 Å². The van der Waals surface area contributed by atoms with Gasteiger partial charge in [0.2, 0.25) is 0 Å². The highest BCUT2D eigenvalue weighted by Gasteiger charge is 2.05. The molecule has 0 fully saturated rings. The van der Waals surface area contributed by atoms with Crippen molar-refractivity contribution in [2.75, 3.05) is 14.2 Å². The van der Waals surface area contributed by atoms with Gasteiger partial charge in [0.25, 0.3) is 0 Å². The number of rotatable bonds is 3. The van der Waals surface area contributed by atoms with Crippen LogP contribution < -0.4 is 10.1 Å². The van der Waals surface area contributed by atoms with Crippen LogP contribution >= 0.6 is 11.6 Å². The highest BCUT2D eigenvalue weighted by molar-refractivity contribution is 6.31. The summed E-state index contributed by atoms with van der Waals surface area (Å²) in [5.41, 5.74) is 1.14. The molecule has 0 bridgehead atoms. The zero-order valence-corrected chi connectivity index (χ0v) is 10.1. The van der Waals surface area contributed by atoms with Gasteiger partial charge in [-0.25, -0.2) is 0 Å². The number of ether oxygens (including phenoxy) is 1. The van der Waals surface area contributed by atoms with Crippen LogP contribution in [0.2, 0.25) is 5.02 Å². The highest BCUT2D eigenvalue weighted by atomic mass is 35.5. The Morgan fingerprint density at radius 1 is 1.19 bits per heavy atom. The minimum absolute atomic E-state index is 0.757. The SMILES string of the molecule is CNCc1cc2cc(Cl)ccc2cc1OC. The van der Waals surface area contributed by atoms with E-state index in [1.807, 2.05) is 31.3 Å². The molecule has 0 spiro atoms. The molecule has 0 unspecified atom stereocenters. The van der Waals surface area contributed by atoms with E-state index in [-0.39, 0.29) is 0 Å². The fourth-order valence-electron chi connectivity index (χ4n) is 1.81. The van der Waals surface area contributed by atoms with Crippen LogP contribution in [-0.2, 0) is 6.54 Å². The summed E-state index contributed by atoms with van der Waals surface area (Å²) in [6.07, 6.45) is 0. The maximum Gasteiger partial charge on any atom is 0.123 e. The molecule has 0 aliphatic carbocycles. The first kappa shape index (κ1) is 11.2. The molecule has 2 aromatic carbocycles. The van der Waals surface area contributed by atoms with E-state index in [4.69, 9.17) is 16.3 Å². The molecule has 0 heterocycles. The summed E-state index contributed by atoms with van der Waals surface area (Å²) < 4.78 is 5.36. The molecule has 3 heteroatoms. The normalized spacial score (nSPS) is 10.7. The molecule has 0 saturated carbocycles. The van der Waals surface area contributed by atoms with Crippen LogP contribution in [0.15, 0.2) is 30.3 Å². The second-order valence-electron chi connectivity index (χ2n) is 3.69. The first-order valence-electron chi connectivity index (χ1n) is 5.15. The minimum atomic E-state index is 0.757. The Labute approximate surface area is 100 Å². The largest absolute Gasteiger partial charge is 0.496 e. The van der Waals surface area contributed by atoms with Gasteiger partial charge < -0.3 is 10.1 Å². The Kier molecular flexibility index (Phi) is 3.32. The van der Waals surface area contributed by atoms with Gasteiger partial charge in [0.1, 0.15) is 5.75 Å². The standard InChI is InChI=1S/C13H14ClNO/c1-15-8-11-5-10-6-12(14)4-3-9(10)7-13(11)16-2/h3-7,15H,8H2,1-2H3. The maximum atomic E-state index is 5.97. The average molecular weight is 236 g/mol. The highest BCUT2D eigenvalue weighted by Crippen LogP contribution is 2.27. The van der Waals surface area contributed by atoms with Gasteiger partial charge in [-0.2, -0.15) is 0 Å². The predicted octanol–water partition coefficient (Wildman–Crippen LogP) is 3.22. The summed E-state index contributed by atoms with van der Waals surface area (Å²) >= 11 is 5.97.